The first-order valence-electron chi connectivity index (χ1n) is 7.69. The van der Waals surface area contributed by atoms with E-state index in [0.29, 0.717) is 5.56 Å². The number of hydrogen-bond acceptors (Lipinski definition) is 0. The van der Waals surface area contributed by atoms with Crippen molar-refractivity contribution in [3.05, 3.63) is 65.5 Å². The van der Waals surface area contributed by atoms with Crippen molar-refractivity contribution >= 4 is 5.57 Å². The molecule has 2 aromatic rings. The van der Waals surface area contributed by atoms with Crippen LogP contribution in [-0.2, 0) is 0 Å². The molecule has 0 nitrogen and oxygen atoms in total. The van der Waals surface area contributed by atoms with E-state index in [1.54, 1.807) is 13.0 Å². The first kappa shape index (κ1) is 14.1. The third-order valence-electron chi connectivity index (χ3n) is 4.43. The van der Waals surface area contributed by atoms with Gasteiger partial charge in [0.1, 0.15) is 5.82 Å². The summed E-state index contributed by atoms with van der Waals surface area (Å²) in [6, 6.07) is 13.9. The van der Waals surface area contributed by atoms with Crippen molar-refractivity contribution in [2.75, 3.05) is 0 Å². The Morgan fingerprint density at radius 1 is 0.952 bits per heavy atom. The summed E-state index contributed by atoms with van der Waals surface area (Å²) in [6.07, 6.45) is 5.99. The van der Waals surface area contributed by atoms with Gasteiger partial charge in [-0.15, -0.1) is 0 Å². The average molecular weight is 280 g/mol. The maximum Gasteiger partial charge on any atom is 0.126 e. The molecular weight excluding hydrogens is 259 g/mol. The maximum atomic E-state index is 13.7. The molecule has 2 aromatic carbocycles. The molecule has 0 aliphatic heterocycles. The third-order valence-corrected chi connectivity index (χ3v) is 4.43. The molecule has 0 N–H and O–H groups in total. The van der Waals surface area contributed by atoms with Gasteiger partial charge in [-0.1, -0.05) is 49.4 Å². The van der Waals surface area contributed by atoms with E-state index in [1.807, 2.05) is 12.1 Å². The highest BCUT2D eigenvalue weighted by atomic mass is 19.1. The number of benzene rings is 2. The van der Waals surface area contributed by atoms with E-state index in [9.17, 15) is 4.39 Å². The van der Waals surface area contributed by atoms with E-state index >= 15 is 0 Å². The molecule has 3 rings (SSSR count). The van der Waals surface area contributed by atoms with E-state index in [4.69, 9.17) is 0 Å². The second-order valence-corrected chi connectivity index (χ2v) is 6.15. The molecule has 0 saturated carbocycles. The molecule has 0 saturated heterocycles. The maximum absolute atomic E-state index is 13.7. The lowest BCUT2D eigenvalue weighted by molar-refractivity contribution is 0.534. The minimum Gasteiger partial charge on any atom is -0.207 e. The first-order chi connectivity index (χ1) is 10.1. The molecule has 1 atom stereocenters. The fourth-order valence-corrected chi connectivity index (χ4v) is 2.88. The summed E-state index contributed by atoms with van der Waals surface area (Å²) in [6.45, 7) is 4.10. The number of rotatable bonds is 2. The van der Waals surface area contributed by atoms with Crippen LogP contribution < -0.4 is 0 Å². The average Bonchev–Trinajstić information content (AvgIpc) is 2.51. The van der Waals surface area contributed by atoms with Crippen molar-refractivity contribution < 1.29 is 4.39 Å². The lowest BCUT2D eigenvalue weighted by Crippen LogP contribution is -2.00. The molecule has 0 heterocycles. The standard InChI is InChI=1S/C20H21F/c1-14-3-6-16(7-4-14)17-9-11-18(12-10-17)19-8-5-15(2)20(21)13-19/h5-6,8-14H,3-4,7H2,1-2H3. The molecular formula is C20H21F. The van der Waals surface area contributed by atoms with E-state index in [0.717, 1.165) is 17.0 Å². The van der Waals surface area contributed by atoms with Crippen LogP contribution in [0.1, 0.15) is 37.3 Å². The predicted molar refractivity (Wildman–Crippen MR) is 87.6 cm³/mol. The van der Waals surface area contributed by atoms with E-state index < -0.39 is 0 Å². The third kappa shape index (κ3) is 3.07. The minimum absolute atomic E-state index is 0.138. The SMILES string of the molecule is Cc1ccc(-c2ccc(C3=CCC(C)CC3)cc2)cc1F. The Bertz CT molecular complexity index is 665. The van der Waals surface area contributed by atoms with Crippen molar-refractivity contribution in [1.29, 1.82) is 0 Å². The Balaban J connectivity index is 1.85. The Labute approximate surface area is 126 Å². The van der Waals surface area contributed by atoms with E-state index in [2.05, 4.69) is 37.3 Å². The smallest absolute Gasteiger partial charge is 0.126 e. The van der Waals surface area contributed by atoms with Crippen LogP contribution >= 0.6 is 0 Å². The van der Waals surface area contributed by atoms with Crippen LogP contribution in [-0.4, -0.2) is 0 Å². The lowest BCUT2D eigenvalue weighted by atomic mass is 9.87. The van der Waals surface area contributed by atoms with Crippen molar-refractivity contribution in [1.82, 2.24) is 0 Å². The van der Waals surface area contributed by atoms with Gasteiger partial charge in [-0.05, 0) is 66.0 Å². The summed E-state index contributed by atoms with van der Waals surface area (Å²) in [5, 5.41) is 0. The molecule has 1 heteroatoms. The van der Waals surface area contributed by atoms with Gasteiger partial charge in [0, 0.05) is 0 Å². The molecule has 1 aliphatic carbocycles. The van der Waals surface area contributed by atoms with E-state index in [-0.39, 0.29) is 5.82 Å². The monoisotopic (exact) mass is 280 g/mol. The normalized spacial score (nSPS) is 18.4. The van der Waals surface area contributed by atoms with Crippen LogP contribution in [0.15, 0.2) is 48.5 Å². The summed E-state index contributed by atoms with van der Waals surface area (Å²) < 4.78 is 13.7. The van der Waals surface area contributed by atoms with Gasteiger partial charge in [0.25, 0.3) is 0 Å². The van der Waals surface area contributed by atoms with Crippen LogP contribution in [0.5, 0.6) is 0 Å². The second-order valence-electron chi connectivity index (χ2n) is 6.15. The Morgan fingerprint density at radius 3 is 2.24 bits per heavy atom. The summed E-state index contributed by atoms with van der Waals surface area (Å²) in [5.74, 6) is 0.670. The van der Waals surface area contributed by atoms with Crippen molar-refractivity contribution in [3.63, 3.8) is 0 Å². The summed E-state index contributed by atoms with van der Waals surface area (Å²) in [5.41, 5.74) is 5.46. The quantitative estimate of drug-likeness (QED) is 0.632. The largest absolute Gasteiger partial charge is 0.207 e. The Kier molecular flexibility index (Phi) is 3.92. The molecule has 0 aromatic heterocycles. The number of aryl methyl sites for hydroxylation is 1. The molecule has 1 unspecified atom stereocenters. The molecule has 108 valence electrons. The number of allylic oxidation sites excluding steroid dienone is 2. The van der Waals surface area contributed by atoms with Gasteiger partial charge in [0.15, 0.2) is 0 Å². The highest BCUT2D eigenvalue weighted by Gasteiger charge is 2.11. The summed E-state index contributed by atoms with van der Waals surface area (Å²) in [7, 11) is 0. The van der Waals surface area contributed by atoms with Crippen molar-refractivity contribution in [2.45, 2.75) is 33.1 Å². The van der Waals surface area contributed by atoms with Gasteiger partial charge in [-0.2, -0.15) is 0 Å². The van der Waals surface area contributed by atoms with Gasteiger partial charge in [0.2, 0.25) is 0 Å². The predicted octanol–water partition coefficient (Wildman–Crippen LogP) is 6.00. The van der Waals surface area contributed by atoms with E-state index in [1.165, 1.54) is 30.4 Å². The van der Waals surface area contributed by atoms with Crippen molar-refractivity contribution in [2.24, 2.45) is 5.92 Å². The van der Waals surface area contributed by atoms with Gasteiger partial charge in [0.05, 0.1) is 0 Å². The minimum atomic E-state index is -0.138. The lowest BCUT2D eigenvalue weighted by Gasteiger charge is -2.18. The summed E-state index contributed by atoms with van der Waals surface area (Å²) >= 11 is 0. The number of halogens is 1. The molecule has 1 aliphatic rings. The first-order valence-corrected chi connectivity index (χ1v) is 7.69. The Morgan fingerprint density at radius 2 is 1.62 bits per heavy atom. The molecule has 21 heavy (non-hydrogen) atoms. The molecule has 0 bridgehead atoms. The second kappa shape index (κ2) is 5.85. The zero-order valence-electron chi connectivity index (χ0n) is 12.7. The van der Waals surface area contributed by atoms with Gasteiger partial charge in [-0.25, -0.2) is 4.39 Å². The molecule has 0 fully saturated rings. The highest BCUT2D eigenvalue weighted by molar-refractivity contribution is 5.71. The van der Waals surface area contributed by atoms with Crippen LogP contribution in [0.2, 0.25) is 0 Å². The van der Waals surface area contributed by atoms with Gasteiger partial charge in [-0.3, -0.25) is 0 Å². The van der Waals surface area contributed by atoms with Gasteiger partial charge >= 0.3 is 0 Å². The van der Waals surface area contributed by atoms with Crippen molar-refractivity contribution in [3.8, 4) is 11.1 Å². The molecule has 0 radical (unpaired) electrons. The fraction of sp³-hybridized carbons (Fsp3) is 0.300. The number of hydrogen-bond donors (Lipinski definition) is 0. The van der Waals surface area contributed by atoms with Gasteiger partial charge < -0.3 is 0 Å². The van der Waals surface area contributed by atoms with Crippen LogP contribution in [0, 0.1) is 18.7 Å². The summed E-state index contributed by atoms with van der Waals surface area (Å²) in [4.78, 5) is 0. The van der Waals surface area contributed by atoms with Crippen LogP contribution in [0.4, 0.5) is 4.39 Å². The zero-order chi connectivity index (χ0) is 14.8. The van der Waals surface area contributed by atoms with Crippen LogP contribution in [0.3, 0.4) is 0 Å². The molecule has 0 amide bonds. The Hall–Kier alpha value is -1.89. The topological polar surface area (TPSA) is 0 Å². The van der Waals surface area contributed by atoms with Crippen LogP contribution in [0.25, 0.3) is 16.7 Å². The molecule has 0 spiro atoms. The fourth-order valence-electron chi connectivity index (χ4n) is 2.88. The highest BCUT2D eigenvalue weighted by Crippen LogP contribution is 2.31. The zero-order valence-corrected chi connectivity index (χ0v) is 12.7.